The molecule has 0 atom stereocenters. The lowest BCUT2D eigenvalue weighted by atomic mass is 9.90. The molecule has 68 valence electrons. The van der Waals surface area contributed by atoms with Gasteiger partial charge in [-0.05, 0) is 37.7 Å². The van der Waals surface area contributed by atoms with Crippen LogP contribution in [0.25, 0.3) is 0 Å². The lowest BCUT2D eigenvalue weighted by Gasteiger charge is -2.15. The van der Waals surface area contributed by atoms with E-state index in [0.717, 1.165) is 5.92 Å². The van der Waals surface area contributed by atoms with Crippen LogP contribution in [0, 0.1) is 5.92 Å². The van der Waals surface area contributed by atoms with Gasteiger partial charge in [0.2, 0.25) is 0 Å². The van der Waals surface area contributed by atoms with Crippen LogP contribution in [0.3, 0.4) is 0 Å². The molecule has 0 amide bonds. The molecule has 2 aliphatic carbocycles. The minimum Gasteiger partial charge on any atom is -0.508 e. The molecule has 0 aromatic heterocycles. The fourth-order valence-electron chi connectivity index (χ4n) is 2.56. The number of hydrogen-bond donors (Lipinski definition) is 1. The Balaban J connectivity index is 2.04. The van der Waals surface area contributed by atoms with Gasteiger partial charge >= 0.3 is 0 Å². The second-order valence-corrected chi connectivity index (χ2v) is 4.45. The highest BCUT2D eigenvalue weighted by Gasteiger charge is 2.55. The molecule has 0 bridgehead atoms. The molecule has 0 heterocycles. The van der Waals surface area contributed by atoms with Crippen LogP contribution in [0.4, 0.5) is 0 Å². The predicted octanol–water partition coefficient (Wildman–Crippen LogP) is 2.83. The van der Waals surface area contributed by atoms with Crippen molar-refractivity contribution in [3.05, 3.63) is 29.8 Å². The van der Waals surface area contributed by atoms with Crippen LogP contribution in [0.15, 0.2) is 24.3 Å². The summed E-state index contributed by atoms with van der Waals surface area (Å²) in [7, 11) is 0. The van der Waals surface area contributed by atoms with Crippen molar-refractivity contribution in [3.8, 4) is 5.75 Å². The van der Waals surface area contributed by atoms with Crippen LogP contribution in [-0.2, 0) is 5.41 Å². The zero-order valence-electron chi connectivity index (χ0n) is 7.66. The van der Waals surface area contributed by atoms with E-state index in [4.69, 9.17) is 0 Å². The molecule has 1 aromatic carbocycles. The monoisotopic (exact) mass is 174 g/mol. The maximum Gasteiger partial charge on any atom is 0.119 e. The van der Waals surface area contributed by atoms with Crippen molar-refractivity contribution in [2.75, 3.05) is 0 Å². The van der Waals surface area contributed by atoms with E-state index in [9.17, 15) is 5.11 Å². The third-order valence-electron chi connectivity index (χ3n) is 3.59. The van der Waals surface area contributed by atoms with Crippen LogP contribution >= 0.6 is 0 Å². The maximum absolute atomic E-state index is 9.76. The molecule has 1 N–H and O–H groups in total. The summed E-state index contributed by atoms with van der Waals surface area (Å²) in [5, 5.41) is 9.76. The number of aromatic hydroxyl groups is 1. The van der Waals surface area contributed by atoms with Crippen LogP contribution in [0.1, 0.15) is 31.2 Å². The minimum atomic E-state index is 0.394. The van der Waals surface area contributed by atoms with Crippen LogP contribution in [0.2, 0.25) is 0 Å². The molecule has 2 fully saturated rings. The molecule has 3 rings (SSSR count). The molecular formula is C12H14O. The number of phenolic OH excluding ortho intramolecular Hbond substituents is 1. The van der Waals surface area contributed by atoms with Gasteiger partial charge in [0.1, 0.15) is 5.75 Å². The van der Waals surface area contributed by atoms with Gasteiger partial charge in [0, 0.05) is 11.0 Å². The van der Waals surface area contributed by atoms with Crippen molar-refractivity contribution in [2.45, 2.75) is 31.1 Å². The number of rotatable bonds is 2. The third kappa shape index (κ3) is 0.995. The summed E-state index contributed by atoms with van der Waals surface area (Å²) < 4.78 is 0. The van der Waals surface area contributed by atoms with Crippen LogP contribution in [0.5, 0.6) is 5.75 Å². The van der Waals surface area contributed by atoms with E-state index >= 15 is 0 Å². The molecule has 0 unspecified atom stereocenters. The smallest absolute Gasteiger partial charge is 0.119 e. The second kappa shape index (κ2) is 2.28. The summed E-state index contributed by atoms with van der Waals surface area (Å²) in [5.41, 5.74) is 1.60. The molecule has 13 heavy (non-hydrogen) atoms. The van der Waals surface area contributed by atoms with Crippen molar-refractivity contribution in [1.29, 1.82) is 0 Å². The first-order valence-electron chi connectivity index (χ1n) is 5.11. The van der Waals surface area contributed by atoms with Gasteiger partial charge < -0.3 is 5.11 Å². The first-order chi connectivity index (χ1) is 6.33. The van der Waals surface area contributed by atoms with E-state index in [1.54, 1.807) is 0 Å². The van der Waals surface area contributed by atoms with Gasteiger partial charge in [-0.25, -0.2) is 0 Å². The molecular weight excluding hydrogens is 160 g/mol. The number of benzene rings is 1. The highest BCUT2D eigenvalue weighted by atomic mass is 16.3. The van der Waals surface area contributed by atoms with Crippen molar-refractivity contribution >= 4 is 0 Å². The average Bonchev–Trinajstić information content (AvgIpc) is 3.00. The van der Waals surface area contributed by atoms with E-state index in [1.165, 1.54) is 31.2 Å². The molecule has 0 spiro atoms. The zero-order valence-corrected chi connectivity index (χ0v) is 7.66. The van der Waals surface area contributed by atoms with Crippen molar-refractivity contribution in [1.82, 2.24) is 0 Å². The Morgan fingerprint density at radius 2 is 1.85 bits per heavy atom. The van der Waals surface area contributed by atoms with Crippen LogP contribution in [-0.4, -0.2) is 5.11 Å². The van der Waals surface area contributed by atoms with Gasteiger partial charge in [-0.2, -0.15) is 0 Å². The summed E-state index contributed by atoms with van der Waals surface area (Å²) >= 11 is 0. The Bertz CT molecular complexity index is 335. The molecule has 0 saturated heterocycles. The minimum absolute atomic E-state index is 0.394. The fourth-order valence-corrected chi connectivity index (χ4v) is 2.56. The first kappa shape index (κ1) is 7.43. The topological polar surface area (TPSA) is 20.2 Å². The van der Waals surface area contributed by atoms with Crippen LogP contribution < -0.4 is 0 Å². The van der Waals surface area contributed by atoms with Gasteiger partial charge in [0.05, 0.1) is 0 Å². The van der Waals surface area contributed by atoms with E-state index in [1.807, 2.05) is 18.2 Å². The van der Waals surface area contributed by atoms with E-state index in [-0.39, 0.29) is 0 Å². The molecule has 1 heteroatoms. The van der Waals surface area contributed by atoms with E-state index in [2.05, 4.69) is 6.07 Å². The Labute approximate surface area is 78.4 Å². The summed E-state index contributed by atoms with van der Waals surface area (Å²) in [6, 6.07) is 7.86. The highest BCUT2D eigenvalue weighted by molar-refractivity contribution is 5.43. The number of para-hydroxylation sites is 1. The van der Waals surface area contributed by atoms with Gasteiger partial charge in [0.25, 0.3) is 0 Å². The molecule has 0 radical (unpaired) electrons. The van der Waals surface area contributed by atoms with Crippen molar-refractivity contribution in [2.24, 2.45) is 5.92 Å². The summed E-state index contributed by atoms with van der Waals surface area (Å²) in [5.74, 6) is 1.38. The Hall–Kier alpha value is -0.980. The lowest BCUT2D eigenvalue weighted by molar-refractivity contribution is 0.450. The zero-order chi connectivity index (χ0) is 8.89. The predicted molar refractivity (Wildman–Crippen MR) is 51.7 cm³/mol. The second-order valence-electron chi connectivity index (χ2n) is 4.45. The fraction of sp³-hybridized carbons (Fsp3) is 0.500. The van der Waals surface area contributed by atoms with Gasteiger partial charge in [-0.1, -0.05) is 18.2 Å². The highest BCUT2D eigenvalue weighted by Crippen LogP contribution is 2.63. The SMILES string of the molecule is Oc1ccccc1C1(C2CC2)CC1. The van der Waals surface area contributed by atoms with Gasteiger partial charge in [-0.15, -0.1) is 0 Å². The summed E-state index contributed by atoms with van der Waals surface area (Å²) in [6.45, 7) is 0. The summed E-state index contributed by atoms with van der Waals surface area (Å²) in [6.07, 6.45) is 5.31. The molecule has 1 aromatic rings. The lowest BCUT2D eigenvalue weighted by Crippen LogP contribution is -2.08. The number of hydrogen-bond acceptors (Lipinski definition) is 1. The van der Waals surface area contributed by atoms with E-state index < -0.39 is 0 Å². The largest absolute Gasteiger partial charge is 0.508 e. The third-order valence-corrected chi connectivity index (χ3v) is 3.59. The molecule has 1 nitrogen and oxygen atoms in total. The van der Waals surface area contributed by atoms with Crippen molar-refractivity contribution < 1.29 is 5.11 Å². The Kier molecular flexibility index (Phi) is 1.30. The molecule has 0 aliphatic heterocycles. The molecule has 2 aliphatic rings. The maximum atomic E-state index is 9.76. The van der Waals surface area contributed by atoms with Gasteiger partial charge in [0.15, 0.2) is 0 Å². The summed E-state index contributed by atoms with van der Waals surface area (Å²) in [4.78, 5) is 0. The van der Waals surface area contributed by atoms with Gasteiger partial charge in [-0.3, -0.25) is 0 Å². The Morgan fingerprint density at radius 1 is 1.15 bits per heavy atom. The molecule has 2 saturated carbocycles. The number of phenols is 1. The average molecular weight is 174 g/mol. The standard InChI is InChI=1S/C12H14O/c13-11-4-2-1-3-10(11)12(7-8-12)9-5-6-9/h1-4,9,13H,5-8H2. The Morgan fingerprint density at radius 3 is 2.38 bits per heavy atom. The van der Waals surface area contributed by atoms with Crippen molar-refractivity contribution in [3.63, 3.8) is 0 Å². The quantitative estimate of drug-likeness (QED) is 0.731. The first-order valence-corrected chi connectivity index (χ1v) is 5.11. The normalized spacial score (nSPS) is 24.3. The van der Waals surface area contributed by atoms with E-state index in [0.29, 0.717) is 11.2 Å².